The van der Waals surface area contributed by atoms with Gasteiger partial charge in [-0.15, -0.1) is 0 Å². The molecule has 6 nitrogen and oxygen atoms in total. The van der Waals surface area contributed by atoms with Crippen LogP contribution in [0.25, 0.3) is 0 Å². The molecule has 0 aliphatic heterocycles. The lowest BCUT2D eigenvalue weighted by atomic mass is 10.1. The van der Waals surface area contributed by atoms with Crippen LogP contribution in [0.5, 0.6) is 5.75 Å². The number of benzene rings is 2. The standard InChI is InChI=1S/C18H19Cl3N2O4S/c1-27-13-5-3-12(4-6-13)7-8-22-18(24)11-23(28(2,25)26)17-10-15(20)14(19)9-16(17)21/h3-6,9-10H,7-8,11H2,1-2H3,(H,22,24). The van der Waals surface area contributed by atoms with Crippen molar-refractivity contribution in [2.24, 2.45) is 0 Å². The molecule has 0 radical (unpaired) electrons. The summed E-state index contributed by atoms with van der Waals surface area (Å²) in [6, 6.07) is 10.1. The van der Waals surface area contributed by atoms with Crippen molar-refractivity contribution in [2.75, 3.05) is 30.8 Å². The van der Waals surface area contributed by atoms with Gasteiger partial charge in [-0.1, -0.05) is 46.9 Å². The lowest BCUT2D eigenvalue weighted by Crippen LogP contribution is -2.41. The molecule has 0 atom stereocenters. The van der Waals surface area contributed by atoms with Gasteiger partial charge in [0, 0.05) is 6.54 Å². The normalized spacial score (nSPS) is 11.2. The van der Waals surface area contributed by atoms with Gasteiger partial charge in [-0.3, -0.25) is 9.10 Å². The number of ether oxygens (including phenoxy) is 1. The fourth-order valence-corrected chi connectivity index (χ4v) is 3.96. The van der Waals surface area contributed by atoms with E-state index in [9.17, 15) is 13.2 Å². The lowest BCUT2D eigenvalue weighted by Gasteiger charge is -2.23. The number of halogens is 3. The highest BCUT2D eigenvalue weighted by Gasteiger charge is 2.24. The number of hydrogen-bond donors (Lipinski definition) is 1. The van der Waals surface area contributed by atoms with Gasteiger partial charge in [0.15, 0.2) is 0 Å². The molecule has 2 rings (SSSR count). The average Bonchev–Trinajstić information content (AvgIpc) is 2.63. The second-order valence-corrected chi connectivity index (χ2v) is 9.06. The first-order chi connectivity index (χ1) is 13.1. The van der Waals surface area contributed by atoms with Crippen LogP contribution in [-0.2, 0) is 21.2 Å². The predicted molar refractivity (Wildman–Crippen MR) is 113 cm³/mol. The molecule has 0 aromatic heterocycles. The first-order valence-electron chi connectivity index (χ1n) is 8.13. The fraction of sp³-hybridized carbons (Fsp3) is 0.278. The molecule has 0 unspecified atom stereocenters. The molecule has 152 valence electrons. The van der Waals surface area contributed by atoms with Crippen molar-refractivity contribution in [3.05, 3.63) is 57.0 Å². The Morgan fingerprint density at radius 2 is 1.68 bits per heavy atom. The minimum absolute atomic E-state index is 0.0749. The van der Waals surface area contributed by atoms with Crippen LogP contribution < -0.4 is 14.4 Å². The van der Waals surface area contributed by atoms with Crippen LogP contribution in [-0.4, -0.2) is 40.8 Å². The summed E-state index contributed by atoms with van der Waals surface area (Å²) in [6.45, 7) is -0.0863. The van der Waals surface area contributed by atoms with E-state index in [1.807, 2.05) is 24.3 Å². The highest BCUT2D eigenvalue weighted by molar-refractivity contribution is 7.92. The average molecular weight is 466 g/mol. The number of sulfonamides is 1. The van der Waals surface area contributed by atoms with E-state index < -0.39 is 22.5 Å². The molecular weight excluding hydrogens is 447 g/mol. The Hall–Kier alpha value is -1.67. The SMILES string of the molecule is COc1ccc(CCNC(=O)CN(c2cc(Cl)c(Cl)cc2Cl)S(C)(=O)=O)cc1. The van der Waals surface area contributed by atoms with Crippen molar-refractivity contribution in [3.63, 3.8) is 0 Å². The van der Waals surface area contributed by atoms with E-state index in [2.05, 4.69) is 5.32 Å². The lowest BCUT2D eigenvalue weighted by molar-refractivity contribution is -0.119. The van der Waals surface area contributed by atoms with E-state index in [0.717, 1.165) is 21.9 Å². The highest BCUT2D eigenvalue weighted by atomic mass is 35.5. The molecule has 0 aliphatic rings. The zero-order valence-electron chi connectivity index (χ0n) is 15.2. The zero-order chi connectivity index (χ0) is 20.9. The smallest absolute Gasteiger partial charge is 0.240 e. The van der Waals surface area contributed by atoms with Gasteiger partial charge in [0.2, 0.25) is 15.9 Å². The van der Waals surface area contributed by atoms with Crippen molar-refractivity contribution in [3.8, 4) is 5.75 Å². The maximum Gasteiger partial charge on any atom is 0.240 e. The fourth-order valence-electron chi connectivity index (χ4n) is 2.41. The van der Waals surface area contributed by atoms with Crippen LogP contribution in [0.1, 0.15) is 5.56 Å². The van der Waals surface area contributed by atoms with Crippen molar-refractivity contribution < 1.29 is 17.9 Å². The van der Waals surface area contributed by atoms with Gasteiger partial charge in [0.25, 0.3) is 0 Å². The molecule has 28 heavy (non-hydrogen) atoms. The van der Waals surface area contributed by atoms with E-state index in [4.69, 9.17) is 39.5 Å². The number of amides is 1. The number of methoxy groups -OCH3 is 1. The minimum atomic E-state index is -3.78. The molecule has 0 fully saturated rings. The summed E-state index contributed by atoms with van der Waals surface area (Å²) in [4.78, 5) is 12.3. The van der Waals surface area contributed by atoms with Gasteiger partial charge in [-0.05, 0) is 36.2 Å². The van der Waals surface area contributed by atoms with Crippen LogP contribution in [0.3, 0.4) is 0 Å². The number of nitrogens with one attached hydrogen (secondary N) is 1. The van der Waals surface area contributed by atoms with Crippen LogP contribution >= 0.6 is 34.8 Å². The summed E-state index contributed by atoms with van der Waals surface area (Å²) in [5.74, 6) is 0.274. The molecule has 10 heteroatoms. The number of anilines is 1. The molecule has 0 bridgehead atoms. The molecule has 2 aromatic carbocycles. The Bertz CT molecular complexity index is 950. The Labute approximate surface area is 179 Å². The van der Waals surface area contributed by atoms with Gasteiger partial charge < -0.3 is 10.1 Å². The third-order valence-electron chi connectivity index (χ3n) is 3.84. The summed E-state index contributed by atoms with van der Waals surface area (Å²) in [6.07, 6.45) is 1.57. The molecular formula is C18H19Cl3N2O4S. The Kier molecular flexibility index (Phi) is 7.83. The molecule has 0 aliphatic carbocycles. The van der Waals surface area contributed by atoms with Crippen molar-refractivity contribution in [1.29, 1.82) is 0 Å². The molecule has 0 spiro atoms. The summed E-state index contributed by atoms with van der Waals surface area (Å²) in [5.41, 5.74) is 1.09. The molecule has 1 amide bonds. The first kappa shape index (κ1) is 22.6. The summed E-state index contributed by atoms with van der Waals surface area (Å²) in [5, 5.41) is 3.10. The van der Waals surface area contributed by atoms with Crippen LogP contribution in [0.2, 0.25) is 15.1 Å². The summed E-state index contributed by atoms with van der Waals surface area (Å²) in [7, 11) is -2.19. The third-order valence-corrected chi connectivity index (χ3v) is 5.99. The van der Waals surface area contributed by atoms with E-state index in [1.54, 1.807) is 7.11 Å². The quantitative estimate of drug-likeness (QED) is 0.602. The van der Waals surface area contributed by atoms with E-state index in [1.165, 1.54) is 12.1 Å². The minimum Gasteiger partial charge on any atom is -0.497 e. The van der Waals surface area contributed by atoms with Crippen molar-refractivity contribution in [1.82, 2.24) is 5.32 Å². The van der Waals surface area contributed by atoms with Gasteiger partial charge in [-0.25, -0.2) is 8.42 Å². The third kappa shape index (κ3) is 6.17. The number of carbonyl (C=O) groups excluding carboxylic acids is 1. The highest BCUT2D eigenvalue weighted by Crippen LogP contribution is 2.35. The van der Waals surface area contributed by atoms with Gasteiger partial charge in [-0.2, -0.15) is 0 Å². The van der Waals surface area contributed by atoms with E-state index in [-0.39, 0.29) is 20.8 Å². The number of nitrogens with zero attached hydrogens (tertiary/aromatic N) is 1. The second-order valence-electron chi connectivity index (χ2n) is 5.94. The summed E-state index contributed by atoms with van der Waals surface area (Å²) < 4.78 is 30.3. The number of carbonyl (C=O) groups is 1. The number of hydrogen-bond acceptors (Lipinski definition) is 4. The maximum atomic E-state index is 12.3. The predicted octanol–water partition coefficient (Wildman–Crippen LogP) is 3.78. The van der Waals surface area contributed by atoms with Gasteiger partial charge >= 0.3 is 0 Å². The molecule has 1 N–H and O–H groups in total. The van der Waals surface area contributed by atoms with Crippen molar-refractivity contribution in [2.45, 2.75) is 6.42 Å². The Morgan fingerprint density at radius 1 is 1.07 bits per heavy atom. The maximum absolute atomic E-state index is 12.3. The van der Waals surface area contributed by atoms with Gasteiger partial charge in [0.1, 0.15) is 12.3 Å². The van der Waals surface area contributed by atoms with E-state index >= 15 is 0 Å². The van der Waals surface area contributed by atoms with Crippen LogP contribution in [0, 0.1) is 0 Å². The van der Waals surface area contributed by atoms with Crippen LogP contribution in [0.15, 0.2) is 36.4 Å². The van der Waals surface area contributed by atoms with E-state index in [0.29, 0.717) is 13.0 Å². The molecule has 0 heterocycles. The molecule has 0 saturated carbocycles. The second kappa shape index (κ2) is 9.69. The Morgan fingerprint density at radius 3 is 2.25 bits per heavy atom. The zero-order valence-corrected chi connectivity index (χ0v) is 18.3. The number of rotatable bonds is 8. The first-order valence-corrected chi connectivity index (χ1v) is 11.1. The Balaban J connectivity index is 2.04. The topological polar surface area (TPSA) is 75.7 Å². The summed E-state index contributed by atoms with van der Waals surface area (Å²) >= 11 is 18.0. The van der Waals surface area contributed by atoms with Crippen LogP contribution in [0.4, 0.5) is 5.69 Å². The molecule has 2 aromatic rings. The largest absolute Gasteiger partial charge is 0.497 e. The molecule has 0 saturated heterocycles. The van der Waals surface area contributed by atoms with Crippen molar-refractivity contribution >= 4 is 56.4 Å². The van der Waals surface area contributed by atoms with Gasteiger partial charge in [0.05, 0.1) is 34.1 Å². The monoisotopic (exact) mass is 464 g/mol.